The van der Waals surface area contributed by atoms with Gasteiger partial charge in [0.1, 0.15) is 11.5 Å². The molecule has 5 heteroatoms. The van der Waals surface area contributed by atoms with Gasteiger partial charge in [0.2, 0.25) is 0 Å². The molecule has 15 heavy (non-hydrogen) atoms. The van der Waals surface area contributed by atoms with Crippen molar-refractivity contribution in [2.75, 3.05) is 7.11 Å². The summed E-state index contributed by atoms with van der Waals surface area (Å²) in [5.41, 5.74) is 0.510. The van der Waals surface area contributed by atoms with Crippen LogP contribution in [0.1, 0.15) is 10.4 Å². The zero-order valence-electron chi connectivity index (χ0n) is 7.94. The van der Waals surface area contributed by atoms with Gasteiger partial charge in [0.05, 0.1) is 23.6 Å². The van der Waals surface area contributed by atoms with Gasteiger partial charge in [-0.1, -0.05) is 0 Å². The van der Waals surface area contributed by atoms with Crippen molar-refractivity contribution in [1.29, 1.82) is 0 Å². The van der Waals surface area contributed by atoms with Gasteiger partial charge in [-0.3, -0.25) is 0 Å². The first-order valence-corrected chi connectivity index (χ1v) is 4.25. The van der Waals surface area contributed by atoms with E-state index in [4.69, 9.17) is 9.84 Å². The second-order valence-corrected chi connectivity index (χ2v) is 3.04. The summed E-state index contributed by atoms with van der Waals surface area (Å²) in [6, 6.07) is 2.97. The summed E-state index contributed by atoms with van der Waals surface area (Å²) in [7, 11) is 1.48. The molecule has 0 aliphatic rings. The lowest BCUT2D eigenvalue weighted by molar-refractivity contribution is 0.0699. The van der Waals surface area contributed by atoms with E-state index in [2.05, 4.69) is 4.98 Å². The lowest BCUT2D eigenvalue weighted by atomic mass is 10.1. The molecule has 0 fully saturated rings. The Morgan fingerprint density at radius 2 is 2.20 bits per heavy atom. The van der Waals surface area contributed by atoms with Crippen LogP contribution in [-0.2, 0) is 0 Å². The van der Waals surface area contributed by atoms with Gasteiger partial charge in [0, 0.05) is 6.20 Å². The molecule has 0 bridgehead atoms. The standard InChI is InChI=1S/C10H9NO4/c1-15-7-3-2-6(12)8-5(10(13)14)4-11-9(7)8/h2-4,11-12H,1H3,(H,13,14). The molecular weight excluding hydrogens is 198 g/mol. The number of nitrogens with one attached hydrogen (secondary N) is 1. The molecule has 2 aromatic rings. The Kier molecular flexibility index (Phi) is 2.00. The van der Waals surface area contributed by atoms with Crippen molar-refractivity contribution in [3.63, 3.8) is 0 Å². The van der Waals surface area contributed by atoms with Crippen LogP contribution in [0.2, 0.25) is 0 Å². The quantitative estimate of drug-likeness (QED) is 0.698. The monoisotopic (exact) mass is 207 g/mol. The van der Waals surface area contributed by atoms with Gasteiger partial charge in [-0.05, 0) is 12.1 Å². The van der Waals surface area contributed by atoms with Gasteiger partial charge in [-0.15, -0.1) is 0 Å². The van der Waals surface area contributed by atoms with Crippen molar-refractivity contribution in [2.45, 2.75) is 0 Å². The van der Waals surface area contributed by atoms with E-state index in [-0.39, 0.29) is 16.7 Å². The molecule has 1 aromatic heterocycles. The topological polar surface area (TPSA) is 82.6 Å². The summed E-state index contributed by atoms with van der Waals surface area (Å²) in [4.78, 5) is 13.6. The number of hydrogen-bond donors (Lipinski definition) is 3. The highest BCUT2D eigenvalue weighted by Gasteiger charge is 2.16. The number of methoxy groups -OCH3 is 1. The van der Waals surface area contributed by atoms with Gasteiger partial charge >= 0.3 is 5.97 Å². The number of aromatic hydroxyl groups is 1. The third kappa shape index (κ3) is 1.28. The van der Waals surface area contributed by atoms with Crippen molar-refractivity contribution in [2.24, 2.45) is 0 Å². The van der Waals surface area contributed by atoms with Gasteiger partial charge in [-0.25, -0.2) is 4.79 Å². The molecule has 5 nitrogen and oxygen atoms in total. The molecular formula is C10H9NO4. The maximum atomic E-state index is 10.9. The fourth-order valence-corrected chi connectivity index (χ4v) is 1.54. The number of fused-ring (bicyclic) bond motifs is 1. The number of aromatic carboxylic acids is 1. The van der Waals surface area contributed by atoms with Gasteiger partial charge in [-0.2, -0.15) is 0 Å². The predicted molar refractivity (Wildman–Crippen MR) is 53.5 cm³/mol. The average Bonchev–Trinajstić information content (AvgIpc) is 2.63. The normalized spacial score (nSPS) is 10.5. The van der Waals surface area contributed by atoms with Crippen LogP contribution in [0.25, 0.3) is 10.9 Å². The molecule has 78 valence electrons. The Balaban J connectivity index is 2.84. The maximum Gasteiger partial charge on any atom is 0.338 e. The minimum atomic E-state index is -1.09. The Bertz CT molecular complexity index is 529. The molecule has 3 N–H and O–H groups in total. The number of aromatic nitrogens is 1. The molecule has 1 aromatic carbocycles. The zero-order valence-corrected chi connectivity index (χ0v) is 7.94. The summed E-state index contributed by atoms with van der Waals surface area (Å²) in [5, 5.41) is 18.7. The number of H-pyrrole nitrogens is 1. The van der Waals surface area contributed by atoms with E-state index in [1.807, 2.05) is 0 Å². The number of carbonyl (C=O) groups is 1. The van der Waals surface area contributed by atoms with E-state index in [1.165, 1.54) is 19.4 Å². The molecule has 1 heterocycles. The SMILES string of the molecule is COc1ccc(O)c2c(C(=O)O)c[nH]c12. The van der Waals surface area contributed by atoms with E-state index >= 15 is 0 Å². The van der Waals surface area contributed by atoms with Crippen LogP contribution >= 0.6 is 0 Å². The molecule has 2 rings (SSSR count). The second kappa shape index (κ2) is 3.20. The summed E-state index contributed by atoms with van der Waals surface area (Å²) >= 11 is 0. The largest absolute Gasteiger partial charge is 0.507 e. The fourth-order valence-electron chi connectivity index (χ4n) is 1.54. The van der Waals surface area contributed by atoms with Crippen LogP contribution < -0.4 is 4.74 Å². The lowest BCUT2D eigenvalue weighted by Gasteiger charge is -2.03. The number of benzene rings is 1. The van der Waals surface area contributed by atoms with Gasteiger partial charge < -0.3 is 19.9 Å². The van der Waals surface area contributed by atoms with Gasteiger partial charge in [0.25, 0.3) is 0 Å². The summed E-state index contributed by atoms with van der Waals surface area (Å²) in [5.74, 6) is -0.676. The first-order chi connectivity index (χ1) is 7.15. The maximum absolute atomic E-state index is 10.9. The Morgan fingerprint density at radius 3 is 2.80 bits per heavy atom. The zero-order chi connectivity index (χ0) is 11.0. The Labute approximate surface area is 84.9 Å². The Morgan fingerprint density at radius 1 is 1.47 bits per heavy atom. The molecule has 0 aliphatic heterocycles. The summed E-state index contributed by atoms with van der Waals surface area (Å²) in [6.07, 6.45) is 1.33. The van der Waals surface area contributed by atoms with E-state index in [0.29, 0.717) is 11.3 Å². The van der Waals surface area contributed by atoms with Crippen molar-refractivity contribution in [1.82, 2.24) is 4.98 Å². The lowest BCUT2D eigenvalue weighted by Crippen LogP contribution is -1.94. The molecule has 0 amide bonds. The molecule has 0 saturated heterocycles. The number of carboxylic acids is 1. The highest BCUT2D eigenvalue weighted by atomic mass is 16.5. The minimum absolute atomic E-state index is 0.0291. The first kappa shape index (κ1) is 9.39. The number of carboxylic acid groups (broad SMARTS) is 1. The van der Waals surface area contributed by atoms with Gasteiger partial charge in [0.15, 0.2) is 0 Å². The number of ether oxygens (including phenoxy) is 1. The molecule has 0 saturated carbocycles. The first-order valence-electron chi connectivity index (χ1n) is 4.25. The third-order valence-corrected chi connectivity index (χ3v) is 2.23. The minimum Gasteiger partial charge on any atom is -0.507 e. The van der Waals surface area contributed by atoms with Crippen molar-refractivity contribution in [3.05, 3.63) is 23.9 Å². The van der Waals surface area contributed by atoms with E-state index in [1.54, 1.807) is 6.07 Å². The number of rotatable bonds is 2. The molecule has 0 aliphatic carbocycles. The number of phenolic OH excluding ortho intramolecular Hbond substituents is 1. The average molecular weight is 207 g/mol. The molecule has 0 unspecified atom stereocenters. The Hall–Kier alpha value is -2.17. The van der Waals surface area contributed by atoms with Crippen LogP contribution in [0.4, 0.5) is 0 Å². The highest BCUT2D eigenvalue weighted by molar-refractivity contribution is 6.07. The van der Waals surface area contributed by atoms with E-state index in [9.17, 15) is 9.90 Å². The van der Waals surface area contributed by atoms with Crippen LogP contribution in [-0.4, -0.2) is 28.3 Å². The van der Waals surface area contributed by atoms with Crippen LogP contribution in [0.5, 0.6) is 11.5 Å². The van der Waals surface area contributed by atoms with Crippen LogP contribution in [0.15, 0.2) is 18.3 Å². The number of phenols is 1. The van der Waals surface area contributed by atoms with Crippen LogP contribution in [0.3, 0.4) is 0 Å². The number of hydrogen-bond acceptors (Lipinski definition) is 3. The van der Waals surface area contributed by atoms with E-state index < -0.39 is 5.97 Å². The van der Waals surface area contributed by atoms with E-state index in [0.717, 1.165) is 0 Å². The second-order valence-electron chi connectivity index (χ2n) is 3.04. The summed E-state index contributed by atoms with van der Waals surface area (Å²) in [6.45, 7) is 0. The van der Waals surface area contributed by atoms with Crippen molar-refractivity contribution in [3.8, 4) is 11.5 Å². The third-order valence-electron chi connectivity index (χ3n) is 2.23. The van der Waals surface area contributed by atoms with Crippen LogP contribution in [0, 0.1) is 0 Å². The number of aromatic amines is 1. The fraction of sp³-hybridized carbons (Fsp3) is 0.100. The smallest absolute Gasteiger partial charge is 0.338 e. The summed E-state index contributed by atoms with van der Waals surface area (Å²) < 4.78 is 5.04. The highest BCUT2D eigenvalue weighted by Crippen LogP contribution is 2.34. The van der Waals surface area contributed by atoms with Crippen molar-refractivity contribution < 1.29 is 19.7 Å². The molecule has 0 spiro atoms. The molecule has 0 radical (unpaired) electrons. The predicted octanol–water partition coefficient (Wildman–Crippen LogP) is 1.58. The molecule has 0 atom stereocenters. The van der Waals surface area contributed by atoms with Crippen molar-refractivity contribution >= 4 is 16.9 Å².